The van der Waals surface area contributed by atoms with Crippen molar-refractivity contribution in [2.24, 2.45) is 0 Å². The van der Waals surface area contributed by atoms with Crippen LogP contribution >= 0.6 is 0 Å². The van der Waals surface area contributed by atoms with Crippen LogP contribution in [0, 0.1) is 0 Å². The number of carbonyl (C=O) groups is 1. The Balaban J connectivity index is 2.68. The fourth-order valence-corrected chi connectivity index (χ4v) is 1.37. The van der Waals surface area contributed by atoms with Gasteiger partial charge in [0, 0.05) is 0 Å². The molecule has 0 saturated heterocycles. The molecule has 0 fully saturated rings. The van der Waals surface area contributed by atoms with Crippen LogP contribution in [0.3, 0.4) is 0 Å². The molecule has 0 amide bonds. The number of hydrogen-bond donors (Lipinski definition) is 1. The zero-order chi connectivity index (χ0) is 12.1. The van der Waals surface area contributed by atoms with Crippen molar-refractivity contribution >= 4 is 5.97 Å². The van der Waals surface area contributed by atoms with Gasteiger partial charge in [0.1, 0.15) is 5.75 Å². The zero-order valence-corrected chi connectivity index (χ0v) is 9.93. The maximum atomic E-state index is 10.6. The second kappa shape index (κ2) is 5.54. The van der Waals surface area contributed by atoms with Crippen LogP contribution in [-0.2, 0) is 4.79 Å². The number of benzene rings is 1. The summed E-state index contributed by atoms with van der Waals surface area (Å²) in [6.07, 6.45) is 0.278. The van der Waals surface area contributed by atoms with E-state index in [1.165, 1.54) is 12.5 Å². The second-order valence-corrected chi connectivity index (χ2v) is 3.98. The van der Waals surface area contributed by atoms with Crippen LogP contribution < -0.4 is 4.74 Å². The van der Waals surface area contributed by atoms with Crippen molar-refractivity contribution < 1.29 is 14.6 Å². The Morgan fingerprint density at radius 1 is 1.31 bits per heavy atom. The predicted octanol–water partition coefficient (Wildman–Crippen LogP) is 3.05. The highest BCUT2D eigenvalue weighted by Crippen LogP contribution is 2.21. The molecule has 0 aromatic heterocycles. The fourth-order valence-electron chi connectivity index (χ4n) is 1.37. The minimum absolute atomic E-state index is 0.519. The zero-order valence-electron chi connectivity index (χ0n) is 9.93. The lowest BCUT2D eigenvalue weighted by Gasteiger charge is -2.12. The molecule has 1 unspecified atom stereocenters. The lowest BCUT2D eigenvalue weighted by molar-refractivity contribution is -0.144. The van der Waals surface area contributed by atoms with Crippen LogP contribution in [-0.4, -0.2) is 17.2 Å². The van der Waals surface area contributed by atoms with Crippen LogP contribution in [0.2, 0.25) is 0 Å². The smallest absolute Gasteiger partial charge is 0.344 e. The third-order valence-corrected chi connectivity index (χ3v) is 2.72. The number of aliphatic carboxylic acids is 1. The molecule has 1 rings (SSSR count). The number of carboxylic acids is 1. The Bertz CT molecular complexity index is 343. The Hall–Kier alpha value is -1.51. The summed E-state index contributed by atoms with van der Waals surface area (Å²) in [6, 6.07) is 7.61. The maximum absolute atomic E-state index is 10.6. The van der Waals surface area contributed by atoms with Crippen LogP contribution in [0.25, 0.3) is 0 Å². The van der Waals surface area contributed by atoms with Gasteiger partial charge in [0.25, 0.3) is 0 Å². The molecule has 0 aliphatic heterocycles. The summed E-state index contributed by atoms with van der Waals surface area (Å²) in [5, 5.41) is 8.70. The summed E-state index contributed by atoms with van der Waals surface area (Å²) >= 11 is 0. The molecule has 0 radical (unpaired) electrons. The summed E-state index contributed by atoms with van der Waals surface area (Å²) in [5.74, 6) is 0.166. The summed E-state index contributed by atoms with van der Waals surface area (Å²) in [4.78, 5) is 10.6. The molecular weight excluding hydrogens is 204 g/mol. The van der Waals surface area contributed by atoms with E-state index < -0.39 is 12.1 Å². The molecule has 16 heavy (non-hydrogen) atoms. The Kier molecular flexibility index (Phi) is 4.35. The molecule has 0 saturated carbocycles. The van der Waals surface area contributed by atoms with Crippen molar-refractivity contribution in [1.29, 1.82) is 0 Å². The van der Waals surface area contributed by atoms with Gasteiger partial charge in [-0.1, -0.05) is 26.0 Å². The average molecular weight is 222 g/mol. The van der Waals surface area contributed by atoms with E-state index in [0.717, 1.165) is 6.42 Å². The third kappa shape index (κ3) is 3.26. The van der Waals surface area contributed by atoms with Crippen molar-refractivity contribution in [3.63, 3.8) is 0 Å². The van der Waals surface area contributed by atoms with Gasteiger partial charge >= 0.3 is 5.97 Å². The van der Waals surface area contributed by atoms with E-state index in [1.54, 1.807) is 0 Å². The van der Waals surface area contributed by atoms with Crippen molar-refractivity contribution in [2.45, 2.75) is 39.2 Å². The summed E-state index contributed by atoms with van der Waals surface area (Å²) in [6.45, 7) is 5.82. The fraction of sp³-hybridized carbons (Fsp3) is 0.462. The molecule has 3 heteroatoms. The van der Waals surface area contributed by atoms with E-state index in [-0.39, 0.29) is 0 Å². The van der Waals surface area contributed by atoms with Crippen LogP contribution in [0.5, 0.6) is 5.75 Å². The lowest BCUT2D eigenvalue weighted by Crippen LogP contribution is -2.22. The van der Waals surface area contributed by atoms with Gasteiger partial charge in [-0.15, -0.1) is 0 Å². The highest BCUT2D eigenvalue weighted by atomic mass is 16.5. The molecular formula is C13H18O3. The molecule has 1 aromatic carbocycles. The van der Waals surface area contributed by atoms with Gasteiger partial charge in [0.05, 0.1) is 0 Å². The first-order valence-corrected chi connectivity index (χ1v) is 5.54. The number of hydrogen-bond acceptors (Lipinski definition) is 2. The maximum Gasteiger partial charge on any atom is 0.344 e. The Labute approximate surface area is 96.1 Å². The standard InChI is InChI=1S/C13H18O3/c1-4-9(2)11-5-7-12(8-6-11)16-10(3)13(14)15/h5-10H,4H2,1-3H3,(H,14,15)/t9?,10-/m0/s1. The van der Waals surface area contributed by atoms with Gasteiger partial charge in [-0.05, 0) is 37.0 Å². The van der Waals surface area contributed by atoms with Gasteiger partial charge in [0.2, 0.25) is 0 Å². The molecule has 0 bridgehead atoms. The van der Waals surface area contributed by atoms with Crippen molar-refractivity contribution in [3.8, 4) is 5.75 Å². The highest BCUT2D eigenvalue weighted by Gasteiger charge is 2.12. The highest BCUT2D eigenvalue weighted by molar-refractivity contribution is 5.72. The topological polar surface area (TPSA) is 46.5 Å². The van der Waals surface area contributed by atoms with Gasteiger partial charge in [-0.3, -0.25) is 0 Å². The molecule has 88 valence electrons. The quantitative estimate of drug-likeness (QED) is 0.832. The molecule has 0 aliphatic rings. The molecule has 3 nitrogen and oxygen atoms in total. The van der Waals surface area contributed by atoms with Crippen LogP contribution in [0.4, 0.5) is 0 Å². The minimum Gasteiger partial charge on any atom is -0.479 e. The van der Waals surface area contributed by atoms with Crippen LogP contribution in [0.1, 0.15) is 38.7 Å². The van der Waals surface area contributed by atoms with Gasteiger partial charge < -0.3 is 9.84 Å². The van der Waals surface area contributed by atoms with E-state index in [4.69, 9.17) is 9.84 Å². The van der Waals surface area contributed by atoms with E-state index in [0.29, 0.717) is 11.7 Å². The number of rotatable bonds is 5. The van der Waals surface area contributed by atoms with Crippen molar-refractivity contribution in [3.05, 3.63) is 29.8 Å². The predicted molar refractivity (Wildman–Crippen MR) is 62.9 cm³/mol. The van der Waals surface area contributed by atoms with Crippen LogP contribution in [0.15, 0.2) is 24.3 Å². The van der Waals surface area contributed by atoms with Gasteiger partial charge in [0.15, 0.2) is 6.10 Å². The number of ether oxygens (including phenoxy) is 1. The van der Waals surface area contributed by atoms with E-state index >= 15 is 0 Å². The summed E-state index contributed by atoms with van der Waals surface area (Å²) in [7, 11) is 0. The first-order chi connectivity index (χ1) is 7.54. The first kappa shape index (κ1) is 12.6. The summed E-state index contributed by atoms with van der Waals surface area (Å²) < 4.78 is 5.24. The molecule has 1 aromatic rings. The van der Waals surface area contributed by atoms with Crippen molar-refractivity contribution in [2.75, 3.05) is 0 Å². The molecule has 0 heterocycles. The van der Waals surface area contributed by atoms with E-state index in [1.807, 2.05) is 24.3 Å². The Morgan fingerprint density at radius 3 is 2.31 bits per heavy atom. The largest absolute Gasteiger partial charge is 0.479 e. The third-order valence-electron chi connectivity index (χ3n) is 2.72. The van der Waals surface area contributed by atoms with E-state index in [9.17, 15) is 4.79 Å². The lowest BCUT2D eigenvalue weighted by atomic mass is 9.99. The van der Waals surface area contributed by atoms with Crippen molar-refractivity contribution in [1.82, 2.24) is 0 Å². The Morgan fingerprint density at radius 2 is 1.88 bits per heavy atom. The molecule has 2 atom stereocenters. The molecule has 0 aliphatic carbocycles. The van der Waals surface area contributed by atoms with Gasteiger partial charge in [-0.25, -0.2) is 4.79 Å². The van der Waals surface area contributed by atoms with Gasteiger partial charge in [-0.2, -0.15) is 0 Å². The summed E-state index contributed by atoms with van der Waals surface area (Å²) in [5.41, 5.74) is 1.25. The van der Waals surface area contributed by atoms with E-state index in [2.05, 4.69) is 13.8 Å². The normalized spacial score (nSPS) is 14.2. The monoisotopic (exact) mass is 222 g/mol. The molecule has 0 spiro atoms. The minimum atomic E-state index is -0.953. The number of carboxylic acid groups (broad SMARTS) is 1. The second-order valence-electron chi connectivity index (χ2n) is 3.98. The average Bonchev–Trinajstić information content (AvgIpc) is 2.28. The molecule has 1 N–H and O–H groups in total. The SMILES string of the molecule is CCC(C)c1ccc(O[C@@H](C)C(=O)O)cc1. The first-order valence-electron chi connectivity index (χ1n) is 5.54.